The average Bonchev–Trinajstić information content (AvgIpc) is 3.12. The summed E-state index contributed by atoms with van der Waals surface area (Å²) in [6.45, 7) is 14.3. The zero-order valence-corrected chi connectivity index (χ0v) is 30.8. The molecule has 2 N–H and O–H groups in total. The summed E-state index contributed by atoms with van der Waals surface area (Å²) >= 11 is 6.64. The minimum Gasteiger partial charge on any atom is -0.493 e. The molecule has 1 aliphatic rings. The van der Waals surface area contributed by atoms with Crippen LogP contribution in [0.25, 0.3) is 0 Å². The monoisotopic (exact) mass is 715 g/mol. The second kappa shape index (κ2) is 17.3. The van der Waals surface area contributed by atoms with Crippen molar-refractivity contribution in [2.75, 3.05) is 77.2 Å². The lowest BCUT2D eigenvalue weighted by Crippen LogP contribution is -2.45. The summed E-state index contributed by atoms with van der Waals surface area (Å²) in [5.41, 5.74) is 3.64. The Labute approximate surface area is 304 Å². The fraction of sp³-hybridized carbons (Fsp3) is 0.368. The highest BCUT2D eigenvalue weighted by atomic mass is 35.5. The molecule has 0 bridgehead atoms. The van der Waals surface area contributed by atoms with Gasteiger partial charge >= 0.3 is 0 Å². The summed E-state index contributed by atoms with van der Waals surface area (Å²) in [6.07, 6.45) is 1.40. The van der Waals surface area contributed by atoms with E-state index in [0.717, 1.165) is 43.9 Å². The van der Waals surface area contributed by atoms with Crippen LogP contribution in [-0.4, -0.2) is 103 Å². The highest BCUT2D eigenvalue weighted by molar-refractivity contribution is 6.32. The Hall–Kier alpha value is -4.91. The van der Waals surface area contributed by atoms with Crippen molar-refractivity contribution in [2.45, 2.75) is 27.7 Å². The lowest BCUT2D eigenvalue weighted by atomic mass is 10.1. The molecule has 270 valence electrons. The molecule has 0 saturated carbocycles. The van der Waals surface area contributed by atoms with E-state index in [2.05, 4.69) is 37.4 Å². The predicted octanol–water partition coefficient (Wildman–Crippen LogP) is 6.65. The number of aromatic nitrogens is 2. The zero-order chi connectivity index (χ0) is 36.5. The Morgan fingerprint density at radius 1 is 0.941 bits per heavy atom. The first-order chi connectivity index (χ1) is 24.6. The number of para-hydroxylation sites is 1. The number of hydrogen-bond acceptors (Lipinski definition) is 10. The summed E-state index contributed by atoms with van der Waals surface area (Å²) in [5.74, 6) is 0.929. The first-order valence-electron chi connectivity index (χ1n) is 17.1. The fourth-order valence-electron chi connectivity index (χ4n) is 5.72. The fourth-order valence-corrected chi connectivity index (χ4v) is 5.94. The number of aryl methyl sites for hydroxylation is 2. The number of rotatable bonds is 14. The van der Waals surface area contributed by atoms with Crippen molar-refractivity contribution in [2.24, 2.45) is 0 Å². The van der Waals surface area contributed by atoms with Crippen LogP contribution in [0.5, 0.6) is 23.1 Å². The highest BCUT2D eigenvalue weighted by Crippen LogP contribution is 2.34. The Balaban J connectivity index is 1.38. The van der Waals surface area contributed by atoms with Crippen LogP contribution in [0, 0.1) is 13.8 Å². The number of carbonyl (C=O) groups is 2. The molecule has 1 aliphatic heterocycles. The molecule has 51 heavy (non-hydrogen) atoms. The summed E-state index contributed by atoms with van der Waals surface area (Å²) < 4.78 is 17.9. The van der Waals surface area contributed by atoms with Gasteiger partial charge in [0.2, 0.25) is 11.8 Å². The zero-order valence-electron chi connectivity index (χ0n) is 30.1. The van der Waals surface area contributed by atoms with Crippen LogP contribution in [0.4, 0.5) is 17.3 Å². The molecule has 0 unspecified atom stereocenters. The molecule has 1 aromatic heterocycles. The van der Waals surface area contributed by atoms with Gasteiger partial charge in [-0.3, -0.25) is 14.5 Å². The standard InChI is InChI=1S/C38H46ClN7O5/c1-7-46(8-2)37(48)27-12-14-31(30(39)22-27)51-36-29(35(47)42-34-25(3)10-9-11-26(34)4)24-40-38(43-36)41-28-13-15-32(33(23-28)49-6)50-21-20-45-18-16-44(5)17-19-45/h9-15,22-24H,7-8,16-21H2,1-6H3,(H,42,47)(H,40,41,43). The van der Waals surface area contributed by atoms with E-state index in [1.165, 1.54) is 6.20 Å². The molecule has 0 radical (unpaired) electrons. The van der Waals surface area contributed by atoms with Crippen LogP contribution in [0.15, 0.2) is 60.8 Å². The van der Waals surface area contributed by atoms with E-state index in [1.807, 2.05) is 58.0 Å². The predicted molar refractivity (Wildman–Crippen MR) is 200 cm³/mol. The Morgan fingerprint density at radius 3 is 2.31 bits per heavy atom. The molecule has 2 heterocycles. The van der Waals surface area contributed by atoms with Crippen LogP contribution in [0.2, 0.25) is 5.02 Å². The van der Waals surface area contributed by atoms with E-state index in [9.17, 15) is 9.59 Å². The third-order valence-corrected chi connectivity index (χ3v) is 9.13. The topological polar surface area (TPSA) is 121 Å². The maximum Gasteiger partial charge on any atom is 0.262 e. The van der Waals surface area contributed by atoms with Gasteiger partial charge in [-0.15, -0.1) is 0 Å². The number of hydrogen-bond donors (Lipinski definition) is 2. The maximum absolute atomic E-state index is 13.7. The molecule has 1 saturated heterocycles. The third kappa shape index (κ3) is 9.46. The van der Waals surface area contributed by atoms with Gasteiger partial charge in [-0.05, 0) is 76.2 Å². The lowest BCUT2D eigenvalue weighted by molar-refractivity contribution is 0.0772. The molecule has 0 spiro atoms. The van der Waals surface area contributed by atoms with Crippen molar-refractivity contribution in [1.29, 1.82) is 0 Å². The molecule has 0 aliphatic carbocycles. The van der Waals surface area contributed by atoms with Gasteiger partial charge in [0.25, 0.3) is 11.8 Å². The van der Waals surface area contributed by atoms with Crippen molar-refractivity contribution < 1.29 is 23.8 Å². The number of methoxy groups -OCH3 is 1. The minimum atomic E-state index is -0.460. The van der Waals surface area contributed by atoms with E-state index < -0.39 is 5.91 Å². The van der Waals surface area contributed by atoms with E-state index in [1.54, 1.807) is 36.3 Å². The Morgan fingerprint density at radius 2 is 1.65 bits per heavy atom. The number of likely N-dealkylation sites (N-methyl/N-ethyl adjacent to an activating group) is 1. The summed E-state index contributed by atoms with van der Waals surface area (Å²) in [5, 5.41) is 6.34. The van der Waals surface area contributed by atoms with E-state index in [0.29, 0.717) is 48.1 Å². The maximum atomic E-state index is 13.7. The first kappa shape index (κ1) is 37.3. The number of nitrogens with zero attached hydrogens (tertiary/aromatic N) is 5. The normalized spacial score (nSPS) is 13.4. The van der Waals surface area contributed by atoms with E-state index in [-0.39, 0.29) is 34.1 Å². The van der Waals surface area contributed by atoms with Crippen molar-refractivity contribution >= 4 is 40.7 Å². The number of carbonyl (C=O) groups excluding carboxylic acids is 2. The minimum absolute atomic E-state index is 0.0308. The van der Waals surface area contributed by atoms with Gasteiger partial charge < -0.3 is 34.6 Å². The highest BCUT2D eigenvalue weighted by Gasteiger charge is 2.22. The van der Waals surface area contributed by atoms with Gasteiger partial charge in [0.15, 0.2) is 11.5 Å². The molecule has 12 nitrogen and oxygen atoms in total. The molecule has 3 aromatic carbocycles. The van der Waals surface area contributed by atoms with Crippen LogP contribution in [0.3, 0.4) is 0 Å². The van der Waals surface area contributed by atoms with Crippen molar-refractivity contribution in [3.8, 4) is 23.1 Å². The van der Waals surface area contributed by atoms with Crippen LogP contribution >= 0.6 is 11.6 Å². The van der Waals surface area contributed by atoms with Gasteiger partial charge in [-0.1, -0.05) is 29.8 Å². The van der Waals surface area contributed by atoms with E-state index in [4.69, 9.17) is 25.8 Å². The molecular weight excluding hydrogens is 670 g/mol. The van der Waals surface area contributed by atoms with Gasteiger partial charge in [0, 0.05) is 75.0 Å². The smallest absolute Gasteiger partial charge is 0.262 e. The van der Waals surface area contributed by atoms with Gasteiger partial charge in [0.1, 0.15) is 17.9 Å². The van der Waals surface area contributed by atoms with Crippen LogP contribution in [-0.2, 0) is 0 Å². The molecule has 2 amide bonds. The molecule has 4 aromatic rings. The van der Waals surface area contributed by atoms with Crippen LogP contribution in [0.1, 0.15) is 45.7 Å². The number of halogens is 1. The summed E-state index contributed by atoms with van der Waals surface area (Å²) in [4.78, 5) is 42.1. The second-order valence-corrected chi connectivity index (χ2v) is 12.7. The lowest BCUT2D eigenvalue weighted by Gasteiger charge is -2.32. The molecule has 13 heteroatoms. The van der Waals surface area contributed by atoms with Gasteiger partial charge in [-0.25, -0.2) is 4.98 Å². The van der Waals surface area contributed by atoms with Gasteiger partial charge in [0.05, 0.1) is 12.1 Å². The summed E-state index contributed by atoms with van der Waals surface area (Å²) in [6, 6.07) is 16.0. The number of piperazine rings is 1. The van der Waals surface area contributed by atoms with E-state index >= 15 is 0 Å². The Kier molecular flexibility index (Phi) is 12.7. The number of amides is 2. The third-order valence-electron chi connectivity index (χ3n) is 8.83. The second-order valence-electron chi connectivity index (χ2n) is 12.3. The molecular formula is C38H46ClN7O5. The summed E-state index contributed by atoms with van der Waals surface area (Å²) in [7, 11) is 3.72. The number of ether oxygens (including phenoxy) is 3. The first-order valence-corrected chi connectivity index (χ1v) is 17.5. The van der Waals surface area contributed by atoms with Gasteiger partial charge in [-0.2, -0.15) is 4.98 Å². The molecule has 0 atom stereocenters. The number of nitrogens with one attached hydrogen (secondary N) is 2. The van der Waals surface area contributed by atoms with Crippen molar-refractivity contribution in [3.05, 3.63) is 88.1 Å². The number of anilines is 3. The average molecular weight is 716 g/mol. The largest absolute Gasteiger partial charge is 0.493 e. The number of benzene rings is 3. The van der Waals surface area contributed by atoms with Crippen molar-refractivity contribution in [3.63, 3.8) is 0 Å². The van der Waals surface area contributed by atoms with Crippen molar-refractivity contribution in [1.82, 2.24) is 24.7 Å². The SMILES string of the molecule is CCN(CC)C(=O)c1ccc(Oc2nc(Nc3ccc(OCCN4CCN(C)CC4)c(OC)c3)ncc2C(=O)Nc2c(C)cccc2C)c(Cl)c1. The Bertz CT molecular complexity index is 1820. The quantitative estimate of drug-likeness (QED) is 0.147. The molecule has 5 rings (SSSR count). The van der Waals surface area contributed by atoms with Crippen LogP contribution < -0.4 is 24.8 Å². The molecule has 1 fully saturated rings.